The number of thiazole rings is 1. The van der Waals surface area contributed by atoms with E-state index < -0.39 is 0 Å². The predicted octanol–water partition coefficient (Wildman–Crippen LogP) is 4.30. The Labute approximate surface area is 183 Å². The summed E-state index contributed by atoms with van der Waals surface area (Å²) >= 11 is 4.65. The average Bonchev–Trinajstić information content (AvgIpc) is 3.46. The van der Waals surface area contributed by atoms with Gasteiger partial charge in [-0.05, 0) is 36.4 Å². The number of fused-ring (bicyclic) bond motifs is 1. The van der Waals surface area contributed by atoms with Gasteiger partial charge in [-0.2, -0.15) is 9.50 Å². The topological polar surface area (TPSA) is 69.6 Å². The Hall–Kier alpha value is -3.23. The molecule has 0 spiro atoms. The van der Waals surface area contributed by atoms with Crippen LogP contribution in [-0.4, -0.2) is 14.6 Å². The van der Waals surface area contributed by atoms with Gasteiger partial charge in [0.25, 0.3) is 5.56 Å². The van der Waals surface area contributed by atoms with E-state index in [2.05, 4.69) is 26.0 Å². The second-order valence-electron chi connectivity index (χ2n) is 6.45. The molecular formula is C22H14BrN3O3S. The minimum atomic E-state index is -0.227. The molecule has 6 nitrogen and oxygen atoms in total. The minimum Gasteiger partial charge on any atom is -0.486 e. The zero-order chi connectivity index (χ0) is 20.5. The highest BCUT2D eigenvalue weighted by Gasteiger charge is 2.12. The first-order valence-corrected chi connectivity index (χ1v) is 10.7. The van der Waals surface area contributed by atoms with Crippen LogP contribution in [0, 0.1) is 0 Å². The van der Waals surface area contributed by atoms with Crippen molar-refractivity contribution < 1.29 is 9.15 Å². The molecule has 0 atom stereocenters. The Morgan fingerprint density at radius 1 is 1.07 bits per heavy atom. The quantitative estimate of drug-likeness (QED) is 0.375. The van der Waals surface area contributed by atoms with E-state index in [0.29, 0.717) is 26.8 Å². The standard InChI is InChI=1S/C22H14BrN3O3S/c23-15-6-8-16(9-7-15)28-13-20-24-22-26(25-20)21(27)19(30-22)12-17-10-11-18(29-17)14-4-2-1-3-5-14/h1-12H,13H2/b19-12-. The normalized spacial score (nSPS) is 12.0. The molecule has 30 heavy (non-hydrogen) atoms. The van der Waals surface area contributed by atoms with Gasteiger partial charge < -0.3 is 9.15 Å². The Morgan fingerprint density at radius 2 is 1.87 bits per heavy atom. The summed E-state index contributed by atoms with van der Waals surface area (Å²) in [6, 6.07) is 21.0. The minimum absolute atomic E-state index is 0.188. The number of nitrogens with zero attached hydrogens (tertiary/aromatic N) is 3. The fourth-order valence-electron chi connectivity index (χ4n) is 2.93. The van der Waals surface area contributed by atoms with Gasteiger partial charge in [-0.25, -0.2) is 0 Å². The number of furan rings is 1. The SMILES string of the molecule is O=c1/c(=C/c2ccc(-c3ccccc3)o2)sc2nc(COc3ccc(Br)cc3)nn12. The molecule has 8 heteroatoms. The van der Waals surface area contributed by atoms with Gasteiger partial charge in [-0.1, -0.05) is 57.6 Å². The van der Waals surface area contributed by atoms with E-state index in [1.165, 1.54) is 15.9 Å². The van der Waals surface area contributed by atoms with Crippen molar-refractivity contribution in [3.63, 3.8) is 0 Å². The highest BCUT2D eigenvalue weighted by atomic mass is 79.9. The zero-order valence-corrected chi connectivity index (χ0v) is 17.9. The first kappa shape index (κ1) is 18.8. The van der Waals surface area contributed by atoms with Crippen LogP contribution in [0.25, 0.3) is 22.4 Å². The molecule has 3 aromatic heterocycles. The summed E-state index contributed by atoms with van der Waals surface area (Å²) in [5, 5.41) is 4.28. The van der Waals surface area contributed by atoms with Gasteiger partial charge in [0.15, 0.2) is 5.82 Å². The van der Waals surface area contributed by atoms with Crippen LogP contribution < -0.4 is 14.8 Å². The molecule has 148 valence electrons. The second-order valence-corrected chi connectivity index (χ2v) is 8.37. The van der Waals surface area contributed by atoms with E-state index in [4.69, 9.17) is 9.15 Å². The summed E-state index contributed by atoms with van der Waals surface area (Å²) in [4.78, 5) is 17.6. The van der Waals surface area contributed by atoms with Crippen LogP contribution in [0.2, 0.25) is 0 Å². The van der Waals surface area contributed by atoms with Gasteiger partial charge in [0, 0.05) is 16.1 Å². The first-order valence-electron chi connectivity index (χ1n) is 9.09. The van der Waals surface area contributed by atoms with Crippen LogP contribution >= 0.6 is 27.3 Å². The van der Waals surface area contributed by atoms with Crippen molar-refractivity contribution in [3.05, 3.63) is 97.7 Å². The fraction of sp³-hybridized carbons (Fsp3) is 0.0455. The van der Waals surface area contributed by atoms with Crippen molar-refractivity contribution in [2.45, 2.75) is 6.61 Å². The van der Waals surface area contributed by atoms with Gasteiger partial charge in [0.1, 0.15) is 28.4 Å². The number of hydrogen-bond acceptors (Lipinski definition) is 6. The molecule has 0 bridgehead atoms. The van der Waals surface area contributed by atoms with E-state index in [1.807, 2.05) is 66.7 Å². The lowest BCUT2D eigenvalue weighted by molar-refractivity contribution is 0.296. The Morgan fingerprint density at radius 3 is 2.63 bits per heavy atom. The van der Waals surface area contributed by atoms with Crippen LogP contribution in [0.15, 0.2) is 80.4 Å². The summed E-state index contributed by atoms with van der Waals surface area (Å²) in [6.07, 6.45) is 1.72. The molecule has 5 rings (SSSR count). The number of hydrogen-bond donors (Lipinski definition) is 0. The third-order valence-electron chi connectivity index (χ3n) is 4.37. The molecule has 0 aliphatic carbocycles. The third kappa shape index (κ3) is 3.79. The number of rotatable bonds is 5. The number of ether oxygens (including phenoxy) is 1. The maximum Gasteiger partial charge on any atom is 0.291 e. The van der Waals surface area contributed by atoms with Crippen LogP contribution in [0.5, 0.6) is 5.75 Å². The van der Waals surface area contributed by atoms with E-state index in [0.717, 1.165) is 15.8 Å². The van der Waals surface area contributed by atoms with Gasteiger partial charge in [-0.3, -0.25) is 4.79 Å². The van der Waals surface area contributed by atoms with Crippen molar-refractivity contribution in [1.82, 2.24) is 14.6 Å². The molecule has 0 fully saturated rings. The van der Waals surface area contributed by atoms with Crippen molar-refractivity contribution in [2.24, 2.45) is 0 Å². The van der Waals surface area contributed by atoms with Crippen molar-refractivity contribution in [2.75, 3.05) is 0 Å². The Kier molecular flexibility index (Phi) is 4.94. The molecule has 0 N–H and O–H groups in total. The molecule has 0 radical (unpaired) electrons. The number of aromatic nitrogens is 3. The lowest BCUT2D eigenvalue weighted by Gasteiger charge is -2.02. The van der Waals surface area contributed by atoms with Gasteiger partial charge >= 0.3 is 0 Å². The van der Waals surface area contributed by atoms with E-state index in [-0.39, 0.29) is 12.2 Å². The summed E-state index contributed by atoms with van der Waals surface area (Å²) in [5.74, 6) is 2.52. The fourth-order valence-corrected chi connectivity index (χ4v) is 4.10. The zero-order valence-electron chi connectivity index (χ0n) is 15.5. The van der Waals surface area contributed by atoms with E-state index in [9.17, 15) is 4.79 Å². The van der Waals surface area contributed by atoms with Gasteiger partial charge in [-0.15, -0.1) is 5.10 Å². The lowest BCUT2D eigenvalue weighted by Crippen LogP contribution is -2.23. The Balaban J connectivity index is 1.38. The number of benzene rings is 2. The second kappa shape index (κ2) is 7.89. The van der Waals surface area contributed by atoms with Gasteiger partial charge in [0.2, 0.25) is 4.96 Å². The highest BCUT2D eigenvalue weighted by Crippen LogP contribution is 2.22. The largest absolute Gasteiger partial charge is 0.486 e. The predicted molar refractivity (Wildman–Crippen MR) is 119 cm³/mol. The molecular weight excluding hydrogens is 466 g/mol. The third-order valence-corrected chi connectivity index (χ3v) is 5.85. The molecule has 3 heterocycles. The molecule has 0 saturated carbocycles. The average molecular weight is 480 g/mol. The molecule has 2 aromatic carbocycles. The molecule has 5 aromatic rings. The monoisotopic (exact) mass is 479 g/mol. The number of halogens is 1. The molecule has 0 aliphatic rings. The molecule has 0 unspecified atom stereocenters. The highest BCUT2D eigenvalue weighted by molar-refractivity contribution is 9.10. The van der Waals surface area contributed by atoms with Crippen LogP contribution in [0.1, 0.15) is 11.6 Å². The van der Waals surface area contributed by atoms with E-state index in [1.54, 1.807) is 6.08 Å². The maximum atomic E-state index is 12.7. The lowest BCUT2D eigenvalue weighted by atomic mass is 10.2. The van der Waals surface area contributed by atoms with Crippen LogP contribution in [0.3, 0.4) is 0 Å². The molecule has 0 amide bonds. The maximum absolute atomic E-state index is 12.7. The summed E-state index contributed by atoms with van der Waals surface area (Å²) in [7, 11) is 0. The summed E-state index contributed by atoms with van der Waals surface area (Å²) < 4.78 is 14.3. The molecule has 0 aliphatic heterocycles. The summed E-state index contributed by atoms with van der Waals surface area (Å²) in [6.45, 7) is 0.188. The molecule has 0 saturated heterocycles. The first-order chi connectivity index (χ1) is 14.7. The van der Waals surface area contributed by atoms with Crippen LogP contribution in [0.4, 0.5) is 0 Å². The van der Waals surface area contributed by atoms with Crippen LogP contribution in [-0.2, 0) is 6.61 Å². The van der Waals surface area contributed by atoms with Crippen molar-refractivity contribution in [1.29, 1.82) is 0 Å². The van der Waals surface area contributed by atoms with E-state index >= 15 is 0 Å². The summed E-state index contributed by atoms with van der Waals surface area (Å²) in [5.41, 5.74) is 0.757. The van der Waals surface area contributed by atoms with Crippen molar-refractivity contribution >= 4 is 38.3 Å². The van der Waals surface area contributed by atoms with Gasteiger partial charge in [0.05, 0.1) is 0 Å². The smallest absolute Gasteiger partial charge is 0.291 e. The van der Waals surface area contributed by atoms with Crippen molar-refractivity contribution in [3.8, 4) is 17.1 Å². The Bertz CT molecular complexity index is 1420.